The Labute approximate surface area is 224 Å². The number of carbonyl (C=O) groups excluding carboxylic acids is 1. The number of rotatable bonds is 3. The van der Waals surface area contributed by atoms with Gasteiger partial charge in [-0.05, 0) is 37.3 Å². The molecule has 0 aliphatic carbocycles. The van der Waals surface area contributed by atoms with E-state index >= 15 is 4.39 Å². The summed E-state index contributed by atoms with van der Waals surface area (Å²) in [5.74, 6) is -1.45. The number of carbonyl (C=O) groups is 1. The molecular weight excluding hydrogens is 513 g/mol. The van der Waals surface area contributed by atoms with Crippen LogP contribution in [0, 0.1) is 5.82 Å². The van der Waals surface area contributed by atoms with Crippen LogP contribution in [0.5, 0.6) is 11.5 Å². The number of pyridine rings is 1. The average Bonchev–Trinajstić information content (AvgIpc) is 3.41. The summed E-state index contributed by atoms with van der Waals surface area (Å²) < 4.78 is 79.7. The smallest absolute Gasteiger partial charge is 0.387 e. The zero-order chi connectivity index (χ0) is 29.7. The molecule has 1 amide bonds. The van der Waals surface area contributed by atoms with Crippen LogP contribution in [0.15, 0.2) is 42.6 Å². The van der Waals surface area contributed by atoms with Crippen molar-refractivity contribution >= 4 is 16.9 Å². The summed E-state index contributed by atoms with van der Waals surface area (Å²) in [6.45, 7) is -4.23. The van der Waals surface area contributed by atoms with E-state index in [0.717, 1.165) is 0 Å². The number of aliphatic hydroxyl groups is 1. The molecule has 2 aromatic heterocycles. The van der Waals surface area contributed by atoms with Crippen LogP contribution in [0.25, 0.3) is 22.2 Å². The van der Waals surface area contributed by atoms with Crippen LogP contribution in [0.1, 0.15) is 63.4 Å². The molecule has 1 N–H and O–H groups in total. The Hall–Kier alpha value is -4.12. The molecule has 0 fully saturated rings. The molecule has 2 bridgehead atoms. The number of nitrogens with zero attached hydrogens (tertiary/aromatic N) is 4. The number of halogens is 3. The molecule has 0 unspecified atom stereocenters. The molecule has 3 atom stereocenters. The lowest BCUT2D eigenvalue weighted by atomic mass is 9.93. The lowest BCUT2D eigenvalue weighted by molar-refractivity contribution is -0.0507. The van der Waals surface area contributed by atoms with E-state index in [0.29, 0.717) is 28.3 Å². The minimum absolute atomic E-state index is 0.0123. The Kier molecular flexibility index (Phi) is 4.37. The fourth-order valence-corrected chi connectivity index (χ4v) is 5.96. The van der Waals surface area contributed by atoms with Crippen LogP contribution in [0.2, 0.25) is 0 Å². The van der Waals surface area contributed by atoms with Gasteiger partial charge in [-0.1, -0.05) is 6.07 Å². The van der Waals surface area contributed by atoms with Crippen molar-refractivity contribution in [2.45, 2.75) is 44.1 Å². The first-order valence-electron chi connectivity index (χ1n) is 13.8. The number of imidazole rings is 1. The van der Waals surface area contributed by atoms with E-state index in [1.54, 1.807) is 19.1 Å². The van der Waals surface area contributed by atoms with E-state index in [1.165, 1.54) is 35.0 Å². The van der Waals surface area contributed by atoms with Gasteiger partial charge in [-0.2, -0.15) is 8.78 Å². The van der Waals surface area contributed by atoms with Crippen molar-refractivity contribution in [2.24, 2.45) is 0 Å². The molecule has 8 nitrogen and oxygen atoms in total. The van der Waals surface area contributed by atoms with Crippen molar-refractivity contribution in [1.82, 2.24) is 19.4 Å². The molecular formula is C28H23F3N4O4. The molecule has 0 spiro atoms. The van der Waals surface area contributed by atoms with Crippen molar-refractivity contribution in [3.05, 3.63) is 71.1 Å². The summed E-state index contributed by atoms with van der Waals surface area (Å²) >= 11 is 0. The predicted octanol–water partition coefficient (Wildman–Crippen LogP) is 4.95. The largest absolute Gasteiger partial charge is 0.491 e. The van der Waals surface area contributed by atoms with E-state index in [2.05, 4.69) is 9.97 Å². The number of alkyl halides is 2. The zero-order valence-corrected chi connectivity index (χ0v) is 20.5. The van der Waals surface area contributed by atoms with E-state index in [-0.39, 0.29) is 52.3 Å². The summed E-state index contributed by atoms with van der Waals surface area (Å²) in [4.78, 5) is 23.2. The first kappa shape index (κ1) is 20.8. The lowest BCUT2D eigenvalue weighted by Crippen LogP contribution is -2.30. The standard InChI is InChI=1S/C28H23F3N4O4/c1-28(37)8-9-38-20-10-13(12-32-24(20)28)14-6-7-16-23(22(14)29)35-17-11-18(25(35)33-16)34(2)26(36)15-4-3-5-19(21(15)17)39-27(30)31/h3-7,10,12,17-18,27,37H,8-9,11H2,1-2H3/t17-,18-,28-/m1/s1/i2D3. The zero-order valence-electron chi connectivity index (χ0n) is 23.5. The Morgan fingerprint density at radius 1 is 1.26 bits per heavy atom. The van der Waals surface area contributed by atoms with Crippen molar-refractivity contribution in [3.63, 3.8) is 0 Å². The van der Waals surface area contributed by atoms with Crippen molar-refractivity contribution in [2.75, 3.05) is 13.6 Å². The molecule has 3 aliphatic rings. The summed E-state index contributed by atoms with van der Waals surface area (Å²) in [5.41, 5.74) is -0.244. The van der Waals surface area contributed by atoms with Gasteiger partial charge in [0.05, 0.1) is 24.2 Å². The quantitative estimate of drug-likeness (QED) is 0.397. The van der Waals surface area contributed by atoms with Gasteiger partial charge < -0.3 is 24.0 Å². The molecule has 11 heteroatoms. The third-order valence-electron chi connectivity index (χ3n) is 7.77. The van der Waals surface area contributed by atoms with Crippen molar-refractivity contribution in [1.29, 1.82) is 0 Å². The van der Waals surface area contributed by atoms with Gasteiger partial charge in [0, 0.05) is 52.4 Å². The molecule has 5 heterocycles. The molecule has 200 valence electrons. The first-order valence-corrected chi connectivity index (χ1v) is 12.3. The minimum Gasteiger partial charge on any atom is -0.491 e. The normalized spacial score (nSPS) is 24.8. The van der Waals surface area contributed by atoms with Crippen LogP contribution in [0.3, 0.4) is 0 Å². The number of amides is 1. The van der Waals surface area contributed by atoms with Gasteiger partial charge in [0.2, 0.25) is 0 Å². The monoisotopic (exact) mass is 539 g/mol. The second-order valence-corrected chi connectivity index (χ2v) is 10.1. The topological polar surface area (TPSA) is 89.7 Å². The summed E-state index contributed by atoms with van der Waals surface area (Å²) in [7, 11) is 0. The van der Waals surface area contributed by atoms with E-state index < -0.39 is 43.0 Å². The van der Waals surface area contributed by atoms with Crippen LogP contribution >= 0.6 is 0 Å². The predicted molar refractivity (Wildman–Crippen MR) is 133 cm³/mol. The fourth-order valence-electron chi connectivity index (χ4n) is 5.96. The van der Waals surface area contributed by atoms with Gasteiger partial charge in [0.25, 0.3) is 5.91 Å². The molecule has 0 saturated carbocycles. The second-order valence-electron chi connectivity index (χ2n) is 10.1. The maximum atomic E-state index is 16.6. The third-order valence-corrected chi connectivity index (χ3v) is 7.77. The highest BCUT2D eigenvalue weighted by molar-refractivity contribution is 5.98. The van der Waals surface area contributed by atoms with Crippen LogP contribution in [-0.2, 0) is 5.60 Å². The number of aromatic nitrogens is 3. The highest BCUT2D eigenvalue weighted by Crippen LogP contribution is 2.51. The van der Waals surface area contributed by atoms with Gasteiger partial charge in [0.1, 0.15) is 34.1 Å². The van der Waals surface area contributed by atoms with E-state index in [1.807, 2.05) is 0 Å². The number of ether oxygens (including phenoxy) is 2. The summed E-state index contributed by atoms with van der Waals surface area (Å²) in [6.07, 6.45) is 1.74. The molecule has 2 aromatic carbocycles. The number of hydrogen-bond donors (Lipinski definition) is 1. The van der Waals surface area contributed by atoms with E-state index in [4.69, 9.17) is 13.6 Å². The van der Waals surface area contributed by atoms with Gasteiger partial charge in [0.15, 0.2) is 5.82 Å². The molecule has 4 aromatic rings. The number of benzene rings is 2. The number of fused-ring (bicyclic) bond motifs is 10. The highest BCUT2D eigenvalue weighted by Gasteiger charge is 2.45. The van der Waals surface area contributed by atoms with Gasteiger partial charge in [-0.15, -0.1) is 0 Å². The SMILES string of the molecule is [2H]C([2H])([2H])N1C(=O)c2cccc(OC(F)F)c2[C@H]2C[C@@H]1c1nc3ccc(-c4cnc5c(c4)OCC[C@@]5(C)O)c(F)c3n12. The molecule has 0 radical (unpaired) electrons. The van der Waals surface area contributed by atoms with Crippen LogP contribution in [0.4, 0.5) is 13.2 Å². The molecule has 7 rings (SSSR count). The number of hydrogen-bond acceptors (Lipinski definition) is 6. The average molecular weight is 540 g/mol. The maximum Gasteiger partial charge on any atom is 0.387 e. The van der Waals surface area contributed by atoms with Gasteiger partial charge in [-0.3, -0.25) is 9.78 Å². The molecule has 3 aliphatic heterocycles. The highest BCUT2D eigenvalue weighted by atomic mass is 19.3. The van der Waals surface area contributed by atoms with Crippen LogP contribution in [-0.4, -0.2) is 50.6 Å². The van der Waals surface area contributed by atoms with Gasteiger partial charge >= 0.3 is 6.61 Å². The Balaban J connectivity index is 1.46. The minimum atomic E-state index is -3.22. The second kappa shape index (κ2) is 8.19. The van der Waals surface area contributed by atoms with Gasteiger partial charge in [-0.25, -0.2) is 9.37 Å². The molecule has 39 heavy (non-hydrogen) atoms. The summed E-state index contributed by atoms with van der Waals surface area (Å²) in [6, 6.07) is 6.59. The van der Waals surface area contributed by atoms with Crippen LogP contribution < -0.4 is 9.47 Å². The first-order chi connectivity index (χ1) is 19.9. The maximum absolute atomic E-state index is 16.6. The Morgan fingerprint density at radius 3 is 2.90 bits per heavy atom. The lowest BCUT2D eigenvalue weighted by Gasteiger charge is -2.30. The van der Waals surface area contributed by atoms with Crippen molar-refractivity contribution < 1.29 is 36.7 Å². The van der Waals surface area contributed by atoms with E-state index in [9.17, 15) is 18.7 Å². The fraction of sp³-hybridized carbons (Fsp3) is 0.321. The molecule has 0 saturated heterocycles. The van der Waals surface area contributed by atoms with Crippen molar-refractivity contribution in [3.8, 4) is 22.6 Å². The Bertz CT molecular complexity index is 1790. The third kappa shape index (κ3) is 3.38. The summed E-state index contributed by atoms with van der Waals surface area (Å²) in [5, 5.41) is 10.7. The Morgan fingerprint density at radius 2 is 2.10 bits per heavy atom.